The monoisotopic (exact) mass is 350 g/mol. The highest BCUT2D eigenvalue weighted by Gasteiger charge is 2.13. The lowest BCUT2D eigenvalue weighted by Gasteiger charge is -2.10. The van der Waals surface area contributed by atoms with E-state index in [0.29, 0.717) is 12.3 Å². The van der Waals surface area contributed by atoms with E-state index in [9.17, 15) is 4.79 Å². The molecule has 1 amide bonds. The summed E-state index contributed by atoms with van der Waals surface area (Å²) >= 11 is 3.42. The van der Waals surface area contributed by atoms with Crippen LogP contribution in [-0.2, 0) is 6.54 Å². The highest BCUT2D eigenvalue weighted by Crippen LogP contribution is 2.20. The summed E-state index contributed by atoms with van der Waals surface area (Å²) in [7, 11) is 0. The molecule has 0 spiro atoms. The normalized spacial score (nSPS) is 10.4. The summed E-state index contributed by atoms with van der Waals surface area (Å²) in [6.45, 7) is 5.43. The van der Waals surface area contributed by atoms with Crippen LogP contribution in [0.15, 0.2) is 41.0 Å². The number of nitrogens with one attached hydrogen (secondary N) is 1. The van der Waals surface area contributed by atoms with Gasteiger partial charge < -0.3 is 14.6 Å². The molecule has 0 radical (unpaired) electrons. The third-order valence-electron chi connectivity index (χ3n) is 2.96. The molecule has 5 heteroatoms. The van der Waals surface area contributed by atoms with Crippen LogP contribution in [0.3, 0.4) is 0 Å². The number of amides is 1. The number of hydrogen-bond acceptors (Lipinski definition) is 2. The lowest BCUT2D eigenvalue weighted by molar-refractivity contribution is 0.101. The number of carbonyl (C=O) groups excluding carboxylic acids is 1. The van der Waals surface area contributed by atoms with Crippen molar-refractivity contribution in [3.05, 3.63) is 46.7 Å². The number of aryl methyl sites for hydroxylation is 1. The lowest BCUT2D eigenvalue weighted by atomic mass is 10.3. The average Bonchev–Trinajstić information content (AvgIpc) is 2.81. The topological polar surface area (TPSA) is 43.3 Å². The van der Waals surface area contributed by atoms with E-state index in [1.54, 1.807) is 0 Å². The molecule has 0 saturated carbocycles. The Bertz CT molecular complexity index is 622. The number of anilines is 1. The van der Waals surface area contributed by atoms with Gasteiger partial charge in [-0.1, -0.05) is 13.0 Å². The lowest BCUT2D eigenvalue weighted by Crippen LogP contribution is -2.16. The van der Waals surface area contributed by atoms with Crippen LogP contribution in [0.25, 0.3) is 0 Å². The fraction of sp³-hybridized carbons (Fsp3) is 0.312. The predicted octanol–water partition coefficient (Wildman–Crippen LogP) is 4.31. The molecule has 0 saturated heterocycles. The Morgan fingerprint density at radius 2 is 2.14 bits per heavy atom. The quantitative estimate of drug-likeness (QED) is 0.843. The number of rotatable bonds is 6. The van der Waals surface area contributed by atoms with Crippen LogP contribution in [0.5, 0.6) is 5.75 Å². The fourth-order valence-corrected chi connectivity index (χ4v) is 2.58. The average molecular weight is 351 g/mol. The zero-order valence-corrected chi connectivity index (χ0v) is 13.8. The molecule has 21 heavy (non-hydrogen) atoms. The first-order valence-corrected chi connectivity index (χ1v) is 7.83. The first kappa shape index (κ1) is 15.6. The third-order valence-corrected chi connectivity index (χ3v) is 3.40. The molecular weight excluding hydrogens is 332 g/mol. The van der Waals surface area contributed by atoms with Gasteiger partial charge in [-0.15, -0.1) is 0 Å². The van der Waals surface area contributed by atoms with Gasteiger partial charge in [0.1, 0.15) is 11.4 Å². The van der Waals surface area contributed by atoms with Gasteiger partial charge in [0.15, 0.2) is 0 Å². The summed E-state index contributed by atoms with van der Waals surface area (Å²) in [4.78, 5) is 12.4. The van der Waals surface area contributed by atoms with Gasteiger partial charge >= 0.3 is 0 Å². The van der Waals surface area contributed by atoms with Crippen molar-refractivity contribution >= 4 is 27.5 Å². The maximum Gasteiger partial charge on any atom is 0.272 e. The molecule has 0 unspecified atom stereocenters. The Hall–Kier alpha value is -1.75. The van der Waals surface area contributed by atoms with E-state index in [2.05, 4.69) is 28.2 Å². The molecule has 0 aliphatic rings. The number of benzene rings is 1. The minimum Gasteiger partial charge on any atom is -0.494 e. The van der Waals surface area contributed by atoms with Crippen LogP contribution in [0, 0.1) is 0 Å². The van der Waals surface area contributed by atoms with Gasteiger partial charge in [-0.25, -0.2) is 0 Å². The van der Waals surface area contributed by atoms with Crippen molar-refractivity contribution in [1.29, 1.82) is 0 Å². The van der Waals surface area contributed by atoms with Crippen LogP contribution in [0.2, 0.25) is 0 Å². The molecule has 0 aliphatic heterocycles. The highest BCUT2D eigenvalue weighted by molar-refractivity contribution is 9.10. The SMILES string of the molecule is CCCn1cc(Br)cc1C(=O)Nc1cccc(OCC)c1. The molecular formula is C16H19BrN2O2. The summed E-state index contributed by atoms with van der Waals surface area (Å²) < 4.78 is 8.29. The Balaban J connectivity index is 2.16. The Kier molecular flexibility index (Phi) is 5.44. The molecule has 0 atom stereocenters. The number of carbonyl (C=O) groups is 1. The molecule has 1 heterocycles. The second kappa shape index (κ2) is 7.31. The van der Waals surface area contributed by atoms with E-state index in [1.165, 1.54) is 0 Å². The molecule has 1 aromatic heterocycles. The van der Waals surface area contributed by atoms with Crippen molar-refractivity contribution in [3.63, 3.8) is 0 Å². The number of nitrogens with zero attached hydrogens (tertiary/aromatic N) is 1. The zero-order valence-electron chi connectivity index (χ0n) is 12.2. The van der Waals surface area contributed by atoms with Crippen molar-refractivity contribution in [2.75, 3.05) is 11.9 Å². The van der Waals surface area contributed by atoms with Gasteiger partial charge in [-0.3, -0.25) is 4.79 Å². The van der Waals surface area contributed by atoms with Crippen LogP contribution >= 0.6 is 15.9 Å². The van der Waals surface area contributed by atoms with E-state index in [-0.39, 0.29) is 5.91 Å². The van der Waals surface area contributed by atoms with E-state index in [1.807, 2.05) is 48.0 Å². The summed E-state index contributed by atoms with van der Waals surface area (Å²) in [5, 5.41) is 2.91. The number of halogens is 1. The standard InChI is InChI=1S/C16H19BrN2O2/c1-3-8-19-11-12(17)9-15(19)16(20)18-13-6-5-7-14(10-13)21-4-2/h5-7,9-11H,3-4,8H2,1-2H3,(H,18,20). The Labute approximate surface area is 133 Å². The van der Waals surface area contributed by atoms with Crippen molar-refractivity contribution in [1.82, 2.24) is 4.57 Å². The molecule has 0 aliphatic carbocycles. The second-order valence-corrected chi connectivity index (χ2v) is 5.57. The Morgan fingerprint density at radius 3 is 2.86 bits per heavy atom. The number of ether oxygens (including phenoxy) is 1. The molecule has 1 aromatic carbocycles. The molecule has 112 valence electrons. The van der Waals surface area contributed by atoms with Crippen LogP contribution in [0.1, 0.15) is 30.8 Å². The summed E-state index contributed by atoms with van der Waals surface area (Å²) in [5.74, 6) is 0.628. The van der Waals surface area contributed by atoms with Crippen LogP contribution in [-0.4, -0.2) is 17.1 Å². The number of hydrogen-bond donors (Lipinski definition) is 1. The Morgan fingerprint density at radius 1 is 1.33 bits per heavy atom. The summed E-state index contributed by atoms with van der Waals surface area (Å²) in [5.41, 5.74) is 1.37. The predicted molar refractivity (Wildman–Crippen MR) is 88.0 cm³/mol. The second-order valence-electron chi connectivity index (χ2n) is 4.65. The maximum atomic E-state index is 12.4. The molecule has 2 aromatic rings. The fourth-order valence-electron chi connectivity index (χ4n) is 2.12. The molecule has 0 fully saturated rings. The molecule has 0 bridgehead atoms. The van der Waals surface area contributed by atoms with Gasteiger partial charge in [-0.2, -0.15) is 0 Å². The van der Waals surface area contributed by atoms with Crippen molar-refractivity contribution in [3.8, 4) is 5.75 Å². The maximum absolute atomic E-state index is 12.4. The van der Waals surface area contributed by atoms with Gasteiger partial charge in [0.25, 0.3) is 5.91 Å². The largest absolute Gasteiger partial charge is 0.494 e. The van der Waals surface area contributed by atoms with Crippen molar-refractivity contribution in [2.24, 2.45) is 0 Å². The van der Waals surface area contributed by atoms with E-state index >= 15 is 0 Å². The molecule has 4 nitrogen and oxygen atoms in total. The van der Waals surface area contributed by atoms with Crippen LogP contribution in [0.4, 0.5) is 5.69 Å². The summed E-state index contributed by atoms with van der Waals surface area (Å²) in [6, 6.07) is 9.24. The van der Waals surface area contributed by atoms with E-state index in [4.69, 9.17) is 4.74 Å². The summed E-state index contributed by atoms with van der Waals surface area (Å²) in [6.07, 6.45) is 2.90. The van der Waals surface area contributed by atoms with Crippen molar-refractivity contribution in [2.45, 2.75) is 26.8 Å². The van der Waals surface area contributed by atoms with Gasteiger partial charge in [-0.05, 0) is 47.5 Å². The van der Waals surface area contributed by atoms with Gasteiger partial charge in [0.2, 0.25) is 0 Å². The minimum atomic E-state index is -0.122. The van der Waals surface area contributed by atoms with Crippen molar-refractivity contribution < 1.29 is 9.53 Å². The zero-order chi connectivity index (χ0) is 15.2. The van der Waals surface area contributed by atoms with E-state index < -0.39 is 0 Å². The molecule has 2 rings (SSSR count). The van der Waals surface area contributed by atoms with Crippen LogP contribution < -0.4 is 10.1 Å². The van der Waals surface area contributed by atoms with Gasteiger partial charge in [0, 0.05) is 29.0 Å². The smallest absolute Gasteiger partial charge is 0.272 e. The molecule has 1 N–H and O–H groups in total. The first-order valence-electron chi connectivity index (χ1n) is 7.04. The minimum absolute atomic E-state index is 0.122. The highest BCUT2D eigenvalue weighted by atomic mass is 79.9. The van der Waals surface area contributed by atoms with Gasteiger partial charge in [0.05, 0.1) is 6.61 Å². The third kappa shape index (κ3) is 4.11. The van der Waals surface area contributed by atoms with E-state index in [0.717, 1.165) is 28.9 Å². The number of aromatic nitrogens is 1. The first-order chi connectivity index (χ1) is 10.1.